The molecule has 0 bridgehead atoms. The number of rotatable bonds is 4. The number of benzene rings is 1. The highest BCUT2D eigenvalue weighted by Crippen LogP contribution is 2.58. The number of hydrogen-bond acceptors (Lipinski definition) is 9. The molecule has 0 fully saturated rings. The van der Waals surface area contributed by atoms with Gasteiger partial charge in [0.2, 0.25) is 5.52 Å². The zero-order valence-electron chi connectivity index (χ0n) is 16.2. The Hall–Kier alpha value is -1.59. The molecule has 0 saturated carbocycles. The number of hydrogen-bond donors (Lipinski definition) is 0. The van der Waals surface area contributed by atoms with Gasteiger partial charge in [-0.05, 0) is 17.6 Å². The van der Waals surface area contributed by atoms with Gasteiger partial charge in [-0.2, -0.15) is 4.57 Å². The zero-order chi connectivity index (χ0) is 21.3. The fourth-order valence-electron chi connectivity index (χ4n) is 2.69. The molecular formula is C20H16NO4S5+. The third-order valence-electron chi connectivity index (χ3n) is 4.16. The highest BCUT2D eigenvalue weighted by Gasteiger charge is 2.34. The first kappa shape index (κ1) is 21.6. The summed E-state index contributed by atoms with van der Waals surface area (Å²) in [7, 11) is 4.67. The van der Waals surface area contributed by atoms with Crippen LogP contribution in [0.2, 0.25) is 0 Å². The molecule has 30 heavy (non-hydrogen) atoms. The maximum atomic E-state index is 12.1. The molecular weight excluding hydrogens is 479 g/mol. The van der Waals surface area contributed by atoms with E-state index in [9.17, 15) is 9.59 Å². The Morgan fingerprint density at radius 1 is 0.933 bits per heavy atom. The molecule has 0 aliphatic carbocycles. The molecule has 154 valence electrons. The van der Waals surface area contributed by atoms with Crippen LogP contribution in [-0.4, -0.2) is 26.2 Å². The predicted octanol–water partition coefficient (Wildman–Crippen LogP) is 5.22. The number of carbonyl (C=O) groups excluding carboxylic acids is 2. The third kappa shape index (κ3) is 4.24. The van der Waals surface area contributed by atoms with E-state index >= 15 is 0 Å². The molecule has 0 N–H and O–H groups in total. The summed E-state index contributed by atoms with van der Waals surface area (Å²) in [6, 6.07) is 8.33. The van der Waals surface area contributed by atoms with Crippen LogP contribution in [0.25, 0.3) is 16.3 Å². The van der Waals surface area contributed by atoms with E-state index in [1.165, 1.54) is 48.0 Å². The summed E-state index contributed by atoms with van der Waals surface area (Å²) in [4.78, 5) is 25.8. The first-order valence-electron chi connectivity index (χ1n) is 8.63. The third-order valence-corrected chi connectivity index (χ3v) is 10.8. The van der Waals surface area contributed by atoms with Crippen molar-refractivity contribution in [3.63, 3.8) is 0 Å². The molecule has 10 heteroatoms. The lowest BCUT2D eigenvalue weighted by molar-refractivity contribution is -0.642. The van der Waals surface area contributed by atoms with Gasteiger partial charge in [0.25, 0.3) is 5.01 Å². The molecule has 0 unspecified atom stereocenters. The topological polar surface area (TPSA) is 56.5 Å². The van der Waals surface area contributed by atoms with Crippen molar-refractivity contribution in [1.82, 2.24) is 0 Å². The van der Waals surface area contributed by atoms with E-state index in [1.807, 2.05) is 12.1 Å². The normalized spacial score (nSPS) is 16.7. The lowest BCUT2D eigenvalue weighted by Crippen LogP contribution is -2.28. The highest BCUT2D eigenvalue weighted by molar-refractivity contribution is 8.34. The molecule has 1 aromatic carbocycles. The second-order valence-corrected chi connectivity index (χ2v) is 11.5. The molecule has 0 saturated heterocycles. The van der Waals surface area contributed by atoms with Crippen molar-refractivity contribution in [2.75, 3.05) is 14.2 Å². The van der Waals surface area contributed by atoms with Crippen LogP contribution < -0.4 is 4.57 Å². The molecule has 3 heterocycles. The van der Waals surface area contributed by atoms with Crippen molar-refractivity contribution in [1.29, 1.82) is 0 Å². The minimum Gasteiger partial charge on any atom is -0.465 e. The predicted molar refractivity (Wildman–Crippen MR) is 129 cm³/mol. The van der Waals surface area contributed by atoms with Crippen molar-refractivity contribution in [2.24, 2.45) is 7.05 Å². The van der Waals surface area contributed by atoms with E-state index in [0.29, 0.717) is 0 Å². The Morgan fingerprint density at radius 3 is 2.23 bits per heavy atom. The number of thioether (sulfide) groups is 4. The van der Waals surface area contributed by atoms with Crippen molar-refractivity contribution in [3.05, 3.63) is 63.9 Å². The zero-order valence-corrected chi connectivity index (χ0v) is 20.2. The van der Waals surface area contributed by atoms with Gasteiger partial charge in [-0.3, -0.25) is 0 Å². The Kier molecular flexibility index (Phi) is 6.69. The van der Waals surface area contributed by atoms with Crippen LogP contribution >= 0.6 is 58.4 Å². The summed E-state index contributed by atoms with van der Waals surface area (Å²) in [5.41, 5.74) is 1.21. The molecule has 0 spiro atoms. The molecule has 1 aromatic heterocycles. The Labute approximate surface area is 194 Å². The summed E-state index contributed by atoms with van der Waals surface area (Å²) < 4.78 is 15.0. The first-order valence-corrected chi connectivity index (χ1v) is 12.8. The molecule has 2 aliphatic rings. The number of fused-ring (bicyclic) bond motifs is 1. The van der Waals surface area contributed by atoms with E-state index in [-0.39, 0.29) is 9.81 Å². The van der Waals surface area contributed by atoms with Crippen LogP contribution in [0.4, 0.5) is 0 Å². The lowest BCUT2D eigenvalue weighted by atomic mass is 10.3. The minimum atomic E-state index is -0.526. The van der Waals surface area contributed by atoms with E-state index in [2.05, 4.69) is 41.3 Å². The summed E-state index contributed by atoms with van der Waals surface area (Å²) in [6.45, 7) is 0. The molecule has 4 rings (SSSR count). The molecule has 2 aliphatic heterocycles. The Morgan fingerprint density at radius 2 is 1.60 bits per heavy atom. The van der Waals surface area contributed by atoms with Gasteiger partial charge >= 0.3 is 11.9 Å². The summed E-state index contributed by atoms with van der Waals surface area (Å²) in [5, 5.41) is 3.24. The van der Waals surface area contributed by atoms with Crippen LogP contribution in [0.5, 0.6) is 0 Å². The van der Waals surface area contributed by atoms with Crippen molar-refractivity contribution in [2.45, 2.75) is 0 Å². The van der Waals surface area contributed by atoms with Crippen molar-refractivity contribution >= 4 is 86.6 Å². The number of aryl methyl sites for hydroxylation is 1. The Bertz CT molecular complexity index is 1150. The van der Waals surface area contributed by atoms with Gasteiger partial charge in [0, 0.05) is 17.0 Å². The maximum absolute atomic E-state index is 12.1. The average molecular weight is 495 g/mol. The van der Waals surface area contributed by atoms with Crippen LogP contribution in [0.1, 0.15) is 5.01 Å². The lowest BCUT2D eigenvalue weighted by Gasteiger charge is -2.01. The van der Waals surface area contributed by atoms with Gasteiger partial charge in [-0.25, -0.2) is 9.59 Å². The molecule has 0 radical (unpaired) electrons. The maximum Gasteiger partial charge on any atom is 0.346 e. The molecule has 0 atom stereocenters. The van der Waals surface area contributed by atoms with Crippen LogP contribution in [0, 0.1) is 0 Å². The average Bonchev–Trinajstić information content (AvgIpc) is 3.49. The van der Waals surface area contributed by atoms with Crippen molar-refractivity contribution < 1.29 is 23.6 Å². The quantitative estimate of drug-likeness (QED) is 0.423. The first-order chi connectivity index (χ1) is 14.5. The molecule has 2 aromatic rings. The fourth-order valence-corrected chi connectivity index (χ4v) is 8.71. The summed E-state index contributed by atoms with van der Waals surface area (Å²) >= 11 is 7.48. The minimum absolute atomic E-state index is 0.277. The summed E-state index contributed by atoms with van der Waals surface area (Å²) in [6.07, 6.45) is 4.21. The van der Waals surface area contributed by atoms with Gasteiger partial charge in [0.05, 0.1) is 22.7 Å². The van der Waals surface area contributed by atoms with Gasteiger partial charge in [0.15, 0.2) is 0 Å². The monoisotopic (exact) mass is 494 g/mol. The number of nitrogens with zero attached hydrogens (tertiary/aromatic N) is 1. The summed E-state index contributed by atoms with van der Waals surface area (Å²) in [5.74, 6) is -1.05. The van der Waals surface area contributed by atoms with E-state index < -0.39 is 11.9 Å². The second-order valence-electron chi connectivity index (χ2n) is 5.96. The highest BCUT2D eigenvalue weighted by atomic mass is 32.2. The van der Waals surface area contributed by atoms with Gasteiger partial charge in [0.1, 0.15) is 21.6 Å². The number of carbonyl (C=O) groups is 2. The molecule has 0 amide bonds. The smallest absolute Gasteiger partial charge is 0.346 e. The van der Waals surface area contributed by atoms with E-state index in [4.69, 9.17) is 9.47 Å². The van der Waals surface area contributed by atoms with Gasteiger partial charge in [-0.1, -0.05) is 70.5 Å². The SMILES string of the molecule is COC(=O)C1=C(C(=O)OC)SC(=C2SC=C(/C=C/c3sc4ccccc4[n+]3C)S2)S1. The number of methoxy groups -OCH3 is 2. The second kappa shape index (κ2) is 9.27. The Balaban J connectivity index is 1.50. The van der Waals surface area contributed by atoms with Gasteiger partial charge in [-0.15, -0.1) is 0 Å². The van der Waals surface area contributed by atoms with Crippen LogP contribution in [0.3, 0.4) is 0 Å². The molecule has 5 nitrogen and oxygen atoms in total. The fraction of sp³-hybridized carbons (Fsp3) is 0.150. The van der Waals surface area contributed by atoms with E-state index in [1.54, 1.807) is 34.9 Å². The van der Waals surface area contributed by atoms with Crippen LogP contribution in [0.15, 0.2) is 58.9 Å². The van der Waals surface area contributed by atoms with Crippen LogP contribution in [-0.2, 0) is 26.1 Å². The van der Waals surface area contributed by atoms with Gasteiger partial charge < -0.3 is 9.47 Å². The number of allylic oxidation sites excluding steroid dienone is 1. The van der Waals surface area contributed by atoms with E-state index in [0.717, 1.165) is 18.4 Å². The number of aromatic nitrogens is 1. The standard InChI is InChI=1S/C20H16NO4S5/c1-21-12-6-4-5-7-13(12)28-14(21)9-8-11-10-26-19(27-11)20-29-15(17(22)24-2)16(30-20)18(23)25-3/h4-10H,1-3H3/q+1/b9-8+. The van der Waals surface area contributed by atoms with Crippen molar-refractivity contribution in [3.8, 4) is 0 Å². The number of para-hydroxylation sites is 1. The largest absolute Gasteiger partial charge is 0.465 e. The number of ether oxygens (including phenoxy) is 2. The number of thiazole rings is 1. The number of esters is 2.